The van der Waals surface area contributed by atoms with E-state index in [-0.39, 0.29) is 11.8 Å². The summed E-state index contributed by atoms with van der Waals surface area (Å²) in [5.41, 5.74) is 0.0370. The van der Waals surface area contributed by atoms with Crippen LogP contribution in [0.4, 0.5) is 0 Å². The molecule has 130 valence electrons. The molecule has 1 aromatic rings. The summed E-state index contributed by atoms with van der Waals surface area (Å²) in [6, 6.07) is 3.57. The van der Waals surface area contributed by atoms with Crippen molar-refractivity contribution >= 4 is 21.8 Å². The maximum absolute atomic E-state index is 12.9. The largest absolute Gasteiger partial charge is 0.486 e. The van der Waals surface area contributed by atoms with E-state index >= 15 is 0 Å². The molecule has 24 heavy (non-hydrogen) atoms. The highest BCUT2D eigenvalue weighted by molar-refractivity contribution is 9.10. The monoisotopic (exact) mass is 395 g/mol. The van der Waals surface area contributed by atoms with Crippen LogP contribution in [0.3, 0.4) is 0 Å². The Labute approximate surface area is 150 Å². The van der Waals surface area contributed by atoms with E-state index in [0.717, 1.165) is 30.2 Å². The molecular formula is C18H22BrNO4. The normalized spacial score (nSPS) is 29.1. The van der Waals surface area contributed by atoms with Gasteiger partial charge in [0.15, 0.2) is 11.5 Å². The second-order valence-electron chi connectivity index (χ2n) is 7.03. The maximum atomic E-state index is 12.9. The van der Waals surface area contributed by atoms with Gasteiger partial charge in [0, 0.05) is 24.6 Å². The van der Waals surface area contributed by atoms with E-state index in [1.165, 1.54) is 0 Å². The highest BCUT2D eigenvalue weighted by atomic mass is 79.9. The van der Waals surface area contributed by atoms with Gasteiger partial charge in [-0.25, -0.2) is 0 Å². The lowest BCUT2D eigenvalue weighted by molar-refractivity contribution is -0.0886. The maximum Gasteiger partial charge on any atom is 0.254 e. The fourth-order valence-corrected chi connectivity index (χ4v) is 4.73. The molecule has 1 saturated carbocycles. The van der Waals surface area contributed by atoms with Crippen LogP contribution in [0.25, 0.3) is 0 Å². The molecule has 1 amide bonds. The number of amides is 1. The summed E-state index contributed by atoms with van der Waals surface area (Å²) in [6.07, 6.45) is 4.79. The molecule has 0 aromatic heterocycles. The van der Waals surface area contributed by atoms with Crippen molar-refractivity contribution in [2.75, 3.05) is 26.3 Å². The van der Waals surface area contributed by atoms with E-state index in [2.05, 4.69) is 15.9 Å². The van der Waals surface area contributed by atoms with E-state index in [9.17, 15) is 9.90 Å². The quantitative estimate of drug-likeness (QED) is 0.793. The number of ether oxygens (including phenoxy) is 2. The van der Waals surface area contributed by atoms with Gasteiger partial charge in [-0.15, -0.1) is 0 Å². The summed E-state index contributed by atoms with van der Waals surface area (Å²) in [6.45, 7) is 2.26. The number of rotatable bonds is 1. The lowest BCUT2D eigenvalue weighted by atomic mass is 9.71. The van der Waals surface area contributed by atoms with Gasteiger partial charge in [0.05, 0.1) is 10.1 Å². The zero-order valence-corrected chi connectivity index (χ0v) is 15.2. The minimum Gasteiger partial charge on any atom is -0.486 e. The van der Waals surface area contributed by atoms with E-state index in [1.54, 1.807) is 12.1 Å². The summed E-state index contributed by atoms with van der Waals surface area (Å²) in [5, 5.41) is 10.8. The first-order chi connectivity index (χ1) is 11.6. The molecule has 1 N–H and O–H groups in total. The molecule has 1 aliphatic carbocycles. The van der Waals surface area contributed by atoms with Gasteiger partial charge < -0.3 is 19.5 Å². The Morgan fingerprint density at radius 1 is 1.25 bits per heavy atom. The number of hydrogen-bond acceptors (Lipinski definition) is 4. The average molecular weight is 396 g/mol. The fourth-order valence-electron chi connectivity index (χ4n) is 4.17. The van der Waals surface area contributed by atoms with Crippen LogP contribution in [0, 0.1) is 5.92 Å². The van der Waals surface area contributed by atoms with Crippen molar-refractivity contribution in [3.05, 3.63) is 22.2 Å². The Morgan fingerprint density at radius 2 is 2.08 bits per heavy atom. The number of carbonyl (C=O) groups excluding carboxylic acids is 1. The Bertz CT molecular complexity index is 665. The van der Waals surface area contributed by atoms with Gasteiger partial charge in [-0.1, -0.05) is 12.8 Å². The summed E-state index contributed by atoms with van der Waals surface area (Å²) in [5.74, 6) is 1.48. The fraction of sp³-hybridized carbons (Fsp3) is 0.611. The van der Waals surface area contributed by atoms with Crippen molar-refractivity contribution in [1.82, 2.24) is 4.90 Å². The molecule has 6 heteroatoms. The summed E-state index contributed by atoms with van der Waals surface area (Å²) in [7, 11) is 0. The van der Waals surface area contributed by atoms with Crippen molar-refractivity contribution in [2.24, 2.45) is 5.92 Å². The number of aliphatic hydroxyl groups is 1. The van der Waals surface area contributed by atoms with Gasteiger partial charge in [-0.05, 0) is 47.3 Å². The van der Waals surface area contributed by atoms with Crippen LogP contribution >= 0.6 is 15.9 Å². The Morgan fingerprint density at radius 3 is 2.96 bits per heavy atom. The number of halogens is 1. The van der Waals surface area contributed by atoms with E-state index in [4.69, 9.17) is 9.47 Å². The van der Waals surface area contributed by atoms with Crippen molar-refractivity contribution in [2.45, 2.75) is 37.7 Å². The zero-order chi connectivity index (χ0) is 16.7. The van der Waals surface area contributed by atoms with Crippen molar-refractivity contribution in [3.8, 4) is 11.5 Å². The van der Waals surface area contributed by atoms with E-state index < -0.39 is 5.60 Å². The lowest BCUT2D eigenvalue weighted by Crippen LogP contribution is -2.54. The van der Waals surface area contributed by atoms with Crippen molar-refractivity contribution < 1.29 is 19.4 Å². The number of fused-ring (bicyclic) bond motifs is 2. The Balaban J connectivity index is 1.55. The average Bonchev–Trinajstić information content (AvgIpc) is 2.60. The number of piperidine rings is 1. The topological polar surface area (TPSA) is 59.0 Å². The van der Waals surface area contributed by atoms with E-state index in [0.29, 0.717) is 49.8 Å². The van der Waals surface area contributed by atoms with E-state index in [1.807, 2.05) is 4.90 Å². The molecule has 1 saturated heterocycles. The standard InChI is InChI=1S/C18H22BrNO4/c19-14-9-12(10-15-16(14)24-8-7-23-15)17(21)20-6-5-18(22)4-2-1-3-13(18)11-20/h9-10,13,22H,1-8,11H2/t13-,18+/m0/s1. The first-order valence-electron chi connectivity index (χ1n) is 8.68. The molecule has 2 atom stereocenters. The van der Waals surface area contributed by atoms with Crippen LogP contribution in [0.1, 0.15) is 42.5 Å². The Kier molecular flexibility index (Phi) is 4.21. The number of likely N-dealkylation sites (tertiary alicyclic amines) is 1. The number of carbonyl (C=O) groups is 1. The third kappa shape index (κ3) is 2.80. The second-order valence-corrected chi connectivity index (χ2v) is 7.88. The molecule has 3 aliphatic rings. The summed E-state index contributed by atoms with van der Waals surface area (Å²) < 4.78 is 12.0. The second kappa shape index (κ2) is 6.23. The molecule has 0 bridgehead atoms. The van der Waals surface area contributed by atoms with Crippen molar-refractivity contribution in [3.63, 3.8) is 0 Å². The molecule has 2 fully saturated rings. The minimum atomic E-state index is -0.567. The van der Waals surface area contributed by atoms with Gasteiger partial charge >= 0.3 is 0 Å². The van der Waals surface area contributed by atoms with Crippen LogP contribution in [0.5, 0.6) is 11.5 Å². The summed E-state index contributed by atoms with van der Waals surface area (Å²) in [4.78, 5) is 14.8. The van der Waals surface area contributed by atoms with Gasteiger partial charge in [-0.2, -0.15) is 0 Å². The number of benzene rings is 1. The van der Waals surface area contributed by atoms with Crippen LogP contribution in [0.2, 0.25) is 0 Å². The summed E-state index contributed by atoms with van der Waals surface area (Å²) >= 11 is 3.47. The molecule has 1 aromatic carbocycles. The van der Waals surface area contributed by atoms with Gasteiger partial charge in [0.25, 0.3) is 5.91 Å². The molecule has 5 nitrogen and oxygen atoms in total. The molecule has 0 radical (unpaired) electrons. The van der Waals surface area contributed by atoms with Crippen LogP contribution in [-0.4, -0.2) is 47.8 Å². The number of nitrogens with zero attached hydrogens (tertiary/aromatic N) is 1. The third-order valence-electron chi connectivity index (χ3n) is 5.56. The van der Waals surface area contributed by atoms with Gasteiger partial charge in [0.2, 0.25) is 0 Å². The molecule has 2 aliphatic heterocycles. The predicted molar refractivity (Wildman–Crippen MR) is 92.6 cm³/mol. The highest BCUT2D eigenvalue weighted by Crippen LogP contribution is 2.41. The first kappa shape index (κ1) is 16.2. The highest BCUT2D eigenvalue weighted by Gasteiger charge is 2.43. The first-order valence-corrected chi connectivity index (χ1v) is 9.47. The molecule has 4 rings (SSSR count). The molecular weight excluding hydrogens is 374 g/mol. The zero-order valence-electron chi connectivity index (χ0n) is 13.6. The van der Waals surface area contributed by atoms with Crippen LogP contribution in [-0.2, 0) is 0 Å². The van der Waals surface area contributed by atoms with Gasteiger partial charge in [0.1, 0.15) is 13.2 Å². The lowest BCUT2D eigenvalue weighted by Gasteiger charge is -2.47. The Hall–Kier alpha value is -1.27. The minimum absolute atomic E-state index is 0.000275. The van der Waals surface area contributed by atoms with Crippen LogP contribution in [0.15, 0.2) is 16.6 Å². The predicted octanol–water partition coefficient (Wildman–Crippen LogP) is 2.99. The molecule has 0 spiro atoms. The number of hydrogen-bond donors (Lipinski definition) is 1. The third-order valence-corrected chi connectivity index (χ3v) is 6.15. The molecule has 2 heterocycles. The van der Waals surface area contributed by atoms with Crippen LogP contribution < -0.4 is 9.47 Å². The molecule has 0 unspecified atom stereocenters. The smallest absolute Gasteiger partial charge is 0.254 e. The van der Waals surface area contributed by atoms with Crippen molar-refractivity contribution in [1.29, 1.82) is 0 Å². The van der Waals surface area contributed by atoms with Gasteiger partial charge in [-0.3, -0.25) is 4.79 Å². The SMILES string of the molecule is O=C(c1cc(Br)c2c(c1)OCCO2)N1CC[C@]2(O)CCCC[C@H]2C1.